The molecular weight excluding hydrogens is 232 g/mol. The van der Waals surface area contributed by atoms with E-state index in [4.69, 9.17) is 4.42 Å². The molecule has 0 saturated heterocycles. The maximum Gasteiger partial charge on any atom is 0.185 e. The lowest BCUT2D eigenvalue weighted by Gasteiger charge is -1.94. The molecule has 3 heterocycles. The highest BCUT2D eigenvalue weighted by Gasteiger charge is 2.16. The van der Waals surface area contributed by atoms with Crippen LogP contribution >= 0.6 is 0 Å². The minimum absolute atomic E-state index is 0.207. The van der Waals surface area contributed by atoms with Gasteiger partial charge in [-0.25, -0.2) is 4.98 Å². The van der Waals surface area contributed by atoms with Crippen molar-refractivity contribution < 1.29 is 14.0 Å². The highest BCUT2D eigenvalue weighted by molar-refractivity contribution is 5.85. The average Bonchev–Trinajstić information content (AvgIpc) is 3.02. The number of imidazole rings is 1. The summed E-state index contributed by atoms with van der Waals surface area (Å²) in [5.41, 5.74) is 1.49. The predicted octanol–water partition coefficient (Wildman–Crippen LogP) is 2.22. The lowest BCUT2D eigenvalue weighted by molar-refractivity contribution is 0.110. The van der Waals surface area contributed by atoms with Crippen LogP contribution in [0.15, 0.2) is 40.9 Å². The smallest absolute Gasteiger partial charge is 0.185 e. The lowest BCUT2D eigenvalue weighted by Crippen LogP contribution is -1.90. The van der Waals surface area contributed by atoms with Gasteiger partial charge >= 0.3 is 0 Å². The Morgan fingerprint density at radius 3 is 2.72 bits per heavy atom. The number of hydrogen-bond donors (Lipinski definition) is 0. The standard InChI is InChI=1S/C13H8N2O3/c16-7-9-4-5-11(18-9)13-10(8-17)15-6-2-1-3-12(15)14-13/h1-8H. The lowest BCUT2D eigenvalue weighted by atomic mass is 10.3. The Balaban J connectivity index is 2.27. The second-order valence-electron chi connectivity index (χ2n) is 3.71. The van der Waals surface area contributed by atoms with Crippen molar-refractivity contribution in [2.45, 2.75) is 0 Å². The molecule has 0 bridgehead atoms. The summed E-state index contributed by atoms with van der Waals surface area (Å²) < 4.78 is 6.96. The first-order valence-electron chi connectivity index (χ1n) is 5.31. The van der Waals surface area contributed by atoms with Crippen molar-refractivity contribution in [1.29, 1.82) is 0 Å². The van der Waals surface area contributed by atoms with Crippen molar-refractivity contribution in [2.75, 3.05) is 0 Å². The van der Waals surface area contributed by atoms with Crippen molar-refractivity contribution >= 4 is 18.2 Å². The molecule has 0 radical (unpaired) electrons. The molecule has 0 amide bonds. The van der Waals surface area contributed by atoms with E-state index in [1.165, 1.54) is 0 Å². The third kappa shape index (κ3) is 1.45. The highest BCUT2D eigenvalue weighted by atomic mass is 16.3. The zero-order chi connectivity index (χ0) is 12.5. The topological polar surface area (TPSA) is 64.6 Å². The van der Waals surface area contributed by atoms with Crippen LogP contribution in [-0.2, 0) is 0 Å². The molecule has 0 saturated carbocycles. The van der Waals surface area contributed by atoms with Crippen molar-refractivity contribution in [3.8, 4) is 11.5 Å². The first-order valence-corrected chi connectivity index (χ1v) is 5.31. The summed E-state index contributed by atoms with van der Waals surface area (Å²) in [6, 6.07) is 8.60. The molecule has 0 fully saturated rings. The maximum absolute atomic E-state index is 11.2. The van der Waals surface area contributed by atoms with Crippen LogP contribution in [0.3, 0.4) is 0 Å². The molecule has 0 N–H and O–H groups in total. The molecule has 0 aliphatic carbocycles. The van der Waals surface area contributed by atoms with Crippen molar-refractivity contribution in [2.24, 2.45) is 0 Å². The van der Waals surface area contributed by atoms with E-state index >= 15 is 0 Å². The maximum atomic E-state index is 11.2. The molecule has 3 aromatic heterocycles. The van der Waals surface area contributed by atoms with Gasteiger partial charge in [-0.1, -0.05) is 6.07 Å². The van der Waals surface area contributed by atoms with Gasteiger partial charge in [-0.2, -0.15) is 0 Å². The summed E-state index contributed by atoms with van der Waals surface area (Å²) in [7, 11) is 0. The minimum atomic E-state index is 0.207. The molecule has 0 unspecified atom stereocenters. The first kappa shape index (κ1) is 10.5. The summed E-state index contributed by atoms with van der Waals surface area (Å²) in [4.78, 5) is 26.1. The summed E-state index contributed by atoms with van der Waals surface area (Å²) in [6.07, 6.45) is 3.08. The molecular formula is C13H8N2O3. The van der Waals surface area contributed by atoms with Gasteiger partial charge in [0, 0.05) is 6.20 Å². The van der Waals surface area contributed by atoms with Crippen LogP contribution in [0.5, 0.6) is 0 Å². The fraction of sp³-hybridized carbons (Fsp3) is 0. The van der Waals surface area contributed by atoms with Crippen LogP contribution in [0.25, 0.3) is 17.1 Å². The van der Waals surface area contributed by atoms with Gasteiger partial charge in [-0.15, -0.1) is 0 Å². The fourth-order valence-corrected chi connectivity index (χ4v) is 1.85. The second-order valence-corrected chi connectivity index (χ2v) is 3.71. The molecule has 5 nitrogen and oxygen atoms in total. The zero-order valence-electron chi connectivity index (χ0n) is 9.24. The SMILES string of the molecule is O=Cc1ccc(-c2nc3ccccn3c2C=O)o1. The highest BCUT2D eigenvalue weighted by Crippen LogP contribution is 2.24. The van der Waals surface area contributed by atoms with Crippen molar-refractivity contribution in [3.63, 3.8) is 0 Å². The molecule has 18 heavy (non-hydrogen) atoms. The molecule has 0 aliphatic rings. The van der Waals surface area contributed by atoms with E-state index in [0.29, 0.717) is 29.1 Å². The number of carbonyl (C=O) groups is 2. The summed E-state index contributed by atoms with van der Waals surface area (Å²) in [6.45, 7) is 0. The number of furan rings is 1. The third-order valence-electron chi connectivity index (χ3n) is 2.65. The Hall–Kier alpha value is -2.69. The number of aromatic nitrogens is 2. The number of aldehydes is 2. The van der Waals surface area contributed by atoms with Crippen LogP contribution in [-0.4, -0.2) is 22.0 Å². The number of pyridine rings is 1. The molecule has 5 heteroatoms. The van der Waals surface area contributed by atoms with Crippen LogP contribution < -0.4 is 0 Å². The van der Waals surface area contributed by atoms with Crippen LogP contribution in [0.1, 0.15) is 21.0 Å². The van der Waals surface area contributed by atoms with Crippen molar-refractivity contribution in [3.05, 3.63) is 48.0 Å². The van der Waals surface area contributed by atoms with E-state index in [2.05, 4.69) is 4.98 Å². The molecule has 0 atom stereocenters. The Morgan fingerprint density at radius 2 is 2.00 bits per heavy atom. The largest absolute Gasteiger partial charge is 0.452 e. The minimum Gasteiger partial charge on any atom is -0.452 e. The summed E-state index contributed by atoms with van der Waals surface area (Å²) >= 11 is 0. The molecule has 3 rings (SSSR count). The molecule has 0 aliphatic heterocycles. The van der Waals surface area contributed by atoms with Crippen LogP contribution in [0, 0.1) is 0 Å². The van der Waals surface area contributed by atoms with E-state index in [1.54, 1.807) is 28.8 Å². The second kappa shape index (κ2) is 3.96. The van der Waals surface area contributed by atoms with E-state index in [-0.39, 0.29) is 5.76 Å². The average molecular weight is 240 g/mol. The zero-order valence-corrected chi connectivity index (χ0v) is 9.24. The van der Waals surface area contributed by atoms with Gasteiger partial charge in [0.25, 0.3) is 0 Å². The monoisotopic (exact) mass is 240 g/mol. The summed E-state index contributed by atoms with van der Waals surface area (Å²) in [5.74, 6) is 0.613. The molecule has 88 valence electrons. The van der Waals surface area contributed by atoms with Crippen molar-refractivity contribution in [1.82, 2.24) is 9.38 Å². The predicted molar refractivity (Wildman–Crippen MR) is 63.7 cm³/mol. The Bertz CT molecular complexity index is 740. The number of rotatable bonds is 3. The van der Waals surface area contributed by atoms with Gasteiger partial charge in [0.2, 0.25) is 0 Å². The number of carbonyl (C=O) groups excluding carboxylic acids is 2. The van der Waals surface area contributed by atoms with E-state index in [0.717, 1.165) is 6.29 Å². The normalized spacial score (nSPS) is 10.7. The van der Waals surface area contributed by atoms with E-state index in [9.17, 15) is 9.59 Å². The van der Waals surface area contributed by atoms with Crippen LogP contribution in [0.4, 0.5) is 0 Å². The molecule has 0 aromatic carbocycles. The van der Waals surface area contributed by atoms with E-state index in [1.807, 2.05) is 12.1 Å². The van der Waals surface area contributed by atoms with Gasteiger partial charge in [0.1, 0.15) is 17.0 Å². The third-order valence-corrected chi connectivity index (χ3v) is 2.65. The first-order chi connectivity index (χ1) is 8.83. The number of hydrogen-bond acceptors (Lipinski definition) is 4. The fourth-order valence-electron chi connectivity index (χ4n) is 1.85. The van der Waals surface area contributed by atoms with Gasteiger partial charge in [0.15, 0.2) is 24.1 Å². The number of nitrogens with zero attached hydrogens (tertiary/aromatic N) is 2. The summed E-state index contributed by atoms with van der Waals surface area (Å²) in [5, 5.41) is 0. The quantitative estimate of drug-likeness (QED) is 0.658. The molecule has 0 spiro atoms. The van der Waals surface area contributed by atoms with Gasteiger partial charge in [0.05, 0.1) is 0 Å². The number of fused-ring (bicyclic) bond motifs is 1. The molecule has 3 aromatic rings. The Kier molecular flexibility index (Phi) is 2.30. The van der Waals surface area contributed by atoms with E-state index < -0.39 is 0 Å². The van der Waals surface area contributed by atoms with Gasteiger partial charge in [-0.3, -0.25) is 14.0 Å². The Labute approximate surface area is 102 Å². The van der Waals surface area contributed by atoms with Gasteiger partial charge < -0.3 is 4.42 Å². The Morgan fingerprint density at radius 1 is 1.11 bits per heavy atom. The van der Waals surface area contributed by atoms with Crippen LogP contribution in [0.2, 0.25) is 0 Å². The van der Waals surface area contributed by atoms with Gasteiger partial charge in [-0.05, 0) is 24.3 Å².